The lowest BCUT2D eigenvalue weighted by atomic mass is 9.86. The topological polar surface area (TPSA) is 87.0 Å². The SMILES string of the molecule is COc1cc2c(c3c1c(=O)c1cc4ccccc4cc1n3C)C(O)C(OC(C)=O)C(C)(C)O2. The molecule has 1 aromatic heterocycles. The van der Waals surface area contributed by atoms with E-state index in [2.05, 4.69) is 0 Å². The summed E-state index contributed by atoms with van der Waals surface area (Å²) in [5.41, 5.74) is 0.387. The van der Waals surface area contributed by atoms with Gasteiger partial charge in [-0.15, -0.1) is 0 Å². The number of methoxy groups -OCH3 is 1. The molecule has 0 saturated carbocycles. The molecule has 0 radical (unpaired) electrons. The van der Waals surface area contributed by atoms with E-state index in [-0.39, 0.29) is 5.43 Å². The molecular formula is C26H25NO6. The van der Waals surface area contributed by atoms with Gasteiger partial charge >= 0.3 is 5.97 Å². The monoisotopic (exact) mass is 447 g/mol. The van der Waals surface area contributed by atoms with Gasteiger partial charge in [-0.1, -0.05) is 24.3 Å². The molecule has 3 aromatic carbocycles. The Morgan fingerprint density at radius 1 is 1.15 bits per heavy atom. The second-order valence-corrected chi connectivity index (χ2v) is 9.00. The molecule has 7 heteroatoms. The third kappa shape index (κ3) is 3.07. The fourth-order valence-electron chi connectivity index (χ4n) is 4.94. The van der Waals surface area contributed by atoms with Gasteiger partial charge in [0.15, 0.2) is 6.10 Å². The van der Waals surface area contributed by atoms with Crippen LogP contribution in [0.15, 0.2) is 47.3 Å². The predicted molar refractivity (Wildman–Crippen MR) is 126 cm³/mol. The Morgan fingerprint density at radius 3 is 2.45 bits per heavy atom. The van der Waals surface area contributed by atoms with Crippen LogP contribution in [0, 0.1) is 0 Å². The molecule has 0 aliphatic carbocycles. The number of esters is 1. The lowest BCUT2D eigenvalue weighted by Crippen LogP contribution is -2.51. The maximum absolute atomic E-state index is 13.7. The second kappa shape index (κ2) is 7.22. The van der Waals surface area contributed by atoms with E-state index >= 15 is 0 Å². The van der Waals surface area contributed by atoms with Crippen molar-refractivity contribution in [2.75, 3.05) is 7.11 Å². The largest absolute Gasteiger partial charge is 0.496 e. The van der Waals surface area contributed by atoms with Gasteiger partial charge in [-0.2, -0.15) is 0 Å². The number of hydrogen-bond acceptors (Lipinski definition) is 6. The molecule has 1 aliphatic rings. The fourth-order valence-corrected chi connectivity index (χ4v) is 4.94. The highest BCUT2D eigenvalue weighted by molar-refractivity contribution is 6.04. The van der Waals surface area contributed by atoms with Crippen LogP contribution in [0.3, 0.4) is 0 Å². The smallest absolute Gasteiger partial charge is 0.303 e. The Balaban J connectivity index is 1.94. The van der Waals surface area contributed by atoms with Gasteiger partial charge in [0.1, 0.15) is 23.2 Å². The van der Waals surface area contributed by atoms with Crippen molar-refractivity contribution in [3.8, 4) is 11.5 Å². The van der Waals surface area contributed by atoms with E-state index in [1.807, 2.05) is 48.0 Å². The number of pyridine rings is 1. The molecule has 170 valence electrons. The molecule has 0 fully saturated rings. The number of rotatable bonds is 2. The molecule has 0 spiro atoms. The van der Waals surface area contributed by atoms with Gasteiger partial charge in [-0.3, -0.25) is 9.59 Å². The maximum atomic E-state index is 13.7. The zero-order valence-corrected chi connectivity index (χ0v) is 19.1. The Kier molecular flexibility index (Phi) is 4.65. The van der Waals surface area contributed by atoms with E-state index < -0.39 is 23.8 Å². The molecule has 1 N–H and O–H groups in total. The van der Waals surface area contributed by atoms with Crippen LogP contribution in [0.4, 0.5) is 0 Å². The summed E-state index contributed by atoms with van der Waals surface area (Å²) in [5.74, 6) is 0.214. The molecule has 5 rings (SSSR count). The van der Waals surface area contributed by atoms with Crippen molar-refractivity contribution in [1.82, 2.24) is 4.57 Å². The van der Waals surface area contributed by atoms with E-state index in [1.165, 1.54) is 14.0 Å². The molecule has 0 amide bonds. The van der Waals surface area contributed by atoms with Crippen LogP contribution in [0.25, 0.3) is 32.6 Å². The number of aliphatic hydroxyl groups excluding tert-OH is 1. The molecular weight excluding hydrogens is 422 g/mol. The van der Waals surface area contributed by atoms with Crippen molar-refractivity contribution in [2.45, 2.75) is 38.6 Å². The van der Waals surface area contributed by atoms with Gasteiger partial charge in [0, 0.05) is 25.4 Å². The zero-order valence-electron chi connectivity index (χ0n) is 19.1. The highest BCUT2D eigenvalue weighted by Gasteiger charge is 2.47. The highest BCUT2D eigenvalue weighted by atomic mass is 16.6. The number of carbonyl (C=O) groups is 1. The number of nitrogens with zero attached hydrogens (tertiary/aromatic N) is 1. The number of aryl methyl sites for hydroxylation is 1. The molecule has 2 unspecified atom stereocenters. The first-order chi connectivity index (χ1) is 15.6. The molecule has 0 saturated heterocycles. The van der Waals surface area contributed by atoms with Crippen molar-refractivity contribution in [1.29, 1.82) is 0 Å². The van der Waals surface area contributed by atoms with Gasteiger partial charge in [0.05, 0.1) is 29.1 Å². The first kappa shape index (κ1) is 21.3. The summed E-state index contributed by atoms with van der Waals surface area (Å²) in [6.45, 7) is 4.78. The van der Waals surface area contributed by atoms with Crippen LogP contribution < -0.4 is 14.9 Å². The maximum Gasteiger partial charge on any atom is 0.303 e. The molecule has 7 nitrogen and oxygen atoms in total. The molecule has 4 aromatic rings. The summed E-state index contributed by atoms with van der Waals surface area (Å²) >= 11 is 0. The Bertz CT molecular complexity index is 1520. The fraction of sp³-hybridized carbons (Fsp3) is 0.308. The number of ether oxygens (including phenoxy) is 3. The van der Waals surface area contributed by atoms with E-state index in [4.69, 9.17) is 14.2 Å². The average molecular weight is 447 g/mol. The van der Waals surface area contributed by atoms with E-state index in [0.29, 0.717) is 38.9 Å². The number of aromatic nitrogens is 1. The number of benzene rings is 3. The molecule has 33 heavy (non-hydrogen) atoms. The summed E-state index contributed by atoms with van der Waals surface area (Å²) in [6.07, 6.45) is -2.16. The molecule has 1 aliphatic heterocycles. The minimum atomic E-state index is -1.20. The standard InChI is InChI=1S/C26H25NO6/c1-13(28)32-25-24(30)21-19(33-26(25,2)3)12-18(31-5)20-22(21)27(4)17-11-15-9-7-6-8-14(15)10-16(17)23(20)29/h6-12,24-25,30H,1-5H3. The van der Waals surface area contributed by atoms with Gasteiger partial charge < -0.3 is 23.9 Å². The third-order valence-electron chi connectivity index (χ3n) is 6.45. The summed E-state index contributed by atoms with van der Waals surface area (Å²) in [5, 5.41) is 14.2. The van der Waals surface area contributed by atoms with Crippen LogP contribution in [0.5, 0.6) is 11.5 Å². The average Bonchev–Trinajstić information content (AvgIpc) is 2.77. The summed E-state index contributed by atoms with van der Waals surface area (Å²) in [6, 6.07) is 13.3. The summed E-state index contributed by atoms with van der Waals surface area (Å²) < 4.78 is 19.1. The van der Waals surface area contributed by atoms with Crippen LogP contribution >= 0.6 is 0 Å². The first-order valence-electron chi connectivity index (χ1n) is 10.7. The summed E-state index contributed by atoms with van der Waals surface area (Å²) in [7, 11) is 3.34. The molecule has 0 bridgehead atoms. The van der Waals surface area contributed by atoms with Crippen LogP contribution in [0.1, 0.15) is 32.4 Å². The minimum absolute atomic E-state index is 0.204. The van der Waals surface area contributed by atoms with Crippen LogP contribution in [0.2, 0.25) is 0 Å². The number of fused-ring (bicyclic) bond motifs is 5. The van der Waals surface area contributed by atoms with Gasteiger partial charge in [-0.05, 0) is 36.8 Å². The minimum Gasteiger partial charge on any atom is -0.496 e. The van der Waals surface area contributed by atoms with Crippen molar-refractivity contribution in [3.05, 3.63) is 58.3 Å². The Hall–Kier alpha value is -3.58. The van der Waals surface area contributed by atoms with Crippen molar-refractivity contribution in [2.24, 2.45) is 7.05 Å². The van der Waals surface area contributed by atoms with E-state index in [0.717, 1.165) is 10.8 Å². The van der Waals surface area contributed by atoms with E-state index in [9.17, 15) is 14.7 Å². The normalized spacial score (nSPS) is 19.3. The summed E-state index contributed by atoms with van der Waals surface area (Å²) in [4.78, 5) is 25.5. The second-order valence-electron chi connectivity index (χ2n) is 9.00. The lowest BCUT2D eigenvalue weighted by Gasteiger charge is -2.42. The van der Waals surface area contributed by atoms with Crippen molar-refractivity contribution < 1.29 is 24.1 Å². The predicted octanol–water partition coefficient (Wildman–Crippen LogP) is 3.99. The van der Waals surface area contributed by atoms with Crippen LogP contribution in [-0.4, -0.2) is 34.5 Å². The number of aliphatic hydroxyl groups is 1. The zero-order chi connectivity index (χ0) is 23.7. The first-order valence-corrected chi connectivity index (χ1v) is 10.7. The van der Waals surface area contributed by atoms with Crippen molar-refractivity contribution >= 4 is 38.5 Å². The Morgan fingerprint density at radius 2 is 1.82 bits per heavy atom. The van der Waals surface area contributed by atoms with E-state index in [1.54, 1.807) is 19.9 Å². The van der Waals surface area contributed by atoms with Crippen molar-refractivity contribution in [3.63, 3.8) is 0 Å². The third-order valence-corrected chi connectivity index (χ3v) is 6.45. The van der Waals surface area contributed by atoms with Crippen LogP contribution in [-0.2, 0) is 16.6 Å². The van der Waals surface area contributed by atoms with Gasteiger partial charge in [0.25, 0.3) is 0 Å². The van der Waals surface area contributed by atoms with Gasteiger partial charge in [-0.25, -0.2) is 0 Å². The molecule has 2 heterocycles. The Labute approximate surface area is 190 Å². The number of carbonyl (C=O) groups excluding carboxylic acids is 1. The number of hydrogen-bond donors (Lipinski definition) is 1. The molecule has 2 atom stereocenters. The quantitative estimate of drug-likeness (QED) is 0.369. The lowest BCUT2D eigenvalue weighted by molar-refractivity contribution is -0.174. The highest BCUT2D eigenvalue weighted by Crippen LogP contribution is 2.47. The van der Waals surface area contributed by atoms with Gasteiger partial charge in [0.2, 0.25) is 5.43 Å².